The van der Waals surface area contributed by atoms with Crippen LogP contribution in [0.5, 0.6) is 0 Å². The maximum absolute atomic E-state index is 4.38. The molecule has 0 aliphatic rings. The molecule has 6 heteroatoms. The van der Waals surface area contributed by atoms with Crippen molar-refractivity contribution < 1.29 is 0 Å². The molecule has 2 aromatic heterocycles. The van der Waals surface area contributed by atoms with E-state index in [-0.39, 0.29) is 0 Å². The van der Waals surface area contributed by atoms with Gasteiger partial charge < -0.3 is 5.32 Å². The number of hydrogen-bond donors (Lipinski definition) is 2. The van der Waals surface area contributed by atoms with E-state index < -0.39 is 0 Å². The molecule has 3 rings (SSSR count). The molecule has 0 atom stereocenters. The van der Waals surface area contributed by atoms with Crippen LogP contribution < -0.4 is 5.32 Å². The SMILES string of the molecule is c1ccc(Nc2nc(-c3cn[nH]c3)ns2)cc1. The second kappa shape index (κ2) is 4.34. The Bertz CT molecular complexity index is 587. The van der Waals surface area contributed by atoms with Gasteiger partial charge in [-0.15, -0.1) is 0 Å². The quantitative estimate of drug-likeness (QED) is 0.742. The first-order valence-electron chi connectivity index (χ1n) is 5.07. The van der Waals surface area contributed by atoms with Gasteiger partial charge in [-0.05, 0) is 12.1 Å². The van der Waals surface area contributed by atoms with Crippen LogP contribution in [-0.2, 0) is 0 Å². The maximum Gasteiger partial charge on any atom is 0.207 e. The third kappa shape index (κ3) is 2.16. The monoisotopic (exact) mass is 243 g/mol. The van der Waals surface area contributed by atoms with Crippen LogP contribution in [0.4, 0.5) is 10.8 Å². The van der Waals surface area contributed by atoms with Crippen molar-refractivity contribution in [2.45, 2.75) is 0 Å². The first kappa shape index (κ1) is 9.98. The summed E-state index contributed by atoms with van der Waals surface area (Å²) < 4.78 is 4.26. The van der Waals surface area contributed by atoms with E-state index in [1.54, 1.807) is 12.4 Å². The summed E-state index contributed by atoms with van der Waals surface area (Å²) in [5, 5.41) is 10.6. The highest BCUT2D eigenvalue weighted by Crippen LogP contribution is 2.22. The fourth-order valence-corrected chi connectivity index (χ4v) is 2.02. The van der Waals surface area contributed by atoms with E-state index in [1.165, 1.54) is 11.5 Å². The van der Waals surface area contributed by atoms with E-state index >= 15 is 0 Å². The average Bonchev–Trinajstić information content (AvgIpc) is 3.00. The molecule has 17 heavy (non-hydrogen) atoms. The highest BCUT2D eigenvalue weighted by Gasteiger charge is 2.07. The fourth-order valence-electron chi connectivity index (χ4n) is 1.41. The number of hydrogen-bond acceptors (Lipinski definition) is 5. The molecule has 0 saturated heterocycles. The molecule has 5 nitrogen and oxygen atoms in total. The Morgan fingerprint density at radius 3 is 2.82 bits per heavy atom. The first-order valence-corrected chi connectivity index (χ1v) is 5.84. The molecule has 0 aliphatic heterocycles. The number of anilines is 2. The fraction of sp³-hybridized carbons (Fsp3) is 0. The van der Waals surface area contributed by atoms with Crippen LogP contribution in [0.25, 0.3) is 11.4 Å². The number of rotatable bonds is 3. The standard InChI is InChI=1S/C11H9N5S/c1-2-4-9(5-3-1)14-11-15-10(16-17-11)8-6-12-13-7-8/h1-7H,(H,12,13)(H,14,15,16). The highest BCUT2D eigenvalue weighted by molar-refractivity contribution is 7.09. The Balaban J connectivity index is 1.82. The van der Waals surface area contributed by atoms with Crippen molar-refractivity contribution in [1.29, 1.82) is 0 Å². The second-order valence-electron chi connectivity index (χ2n) is 3.40. The normalized spacial score (nSPS) is 10.4. The molecular weight excluding hydrogens is 234 g/mol. The summed E-state index contributed by atoms with van der Waals surface area (Å²) in [5.41, 5.74) is 1.89. The minimum Gasteiger partial charge on any atom is -0.330 e. The van der Waals surface area contributed by atoms with Gasteiger partial charge in [-0.25, -0.2) is 0 Å². The second-order valence-corrected chi connectivity index (χ2v) is 4.15. The van der Waals surface area contributed by atoms with E-state index in [0.717, 1.165) is 16.4 Å². The molecule has 0 bridgehead atoms. The molecule has 2 heterocycles. The molecule has 0 amide bonds. The van der Waals surface area contributed by atoms with E-state index in [4.69, 9.17) is 0 Å². The molecule has 0 unspecified atom stereocenters. The first-order chi connectivity index (χ1) is 8.42. The lowest BCUT2D eigenvalue weighted by Gasteiger charge is -1.99. The van der Waals surface area contributed by atoms with E-state index in [2.05, 4.69) is 24.9 Å². The molecule has 0 saturated carbocycles. The highest BCUT2D eigenvalue weighted by atomic mass is 32.1. The zero-order chi connectivity index (χ0) is 11.5. The van der Waals surface area contributed by atoms with Crippen molar-refractivity contribution in [3.8, 4) is 11.4 Å². The van der Waals surface area contributed by atoms with Crippen molar-refractivity contribution in [2.24, 2.45) is 0 Å². The predicted octanol–water partition coefficient (Wildman–Crippen LogP) is 2.67. The van der Waals surface area contributed by atoms with Gasteiger partial charge in [-0.3, -0.25) is 5.10 Å². The summed E-state index contributed by atoms with van der Waals surface area (Å²) >= 11 is 1.33. The van der Waals surface area contributed by atoms with Crippen LogP contribution in [0, 0.1) is 0 Å². The van der Waals surface area contributed by atoms with Crippen LogP contribution in [-0.4, -0.2) is 19.6 Å². The van der Waals surface area contributed by atoms with Crippen LogP contribution in [0.2, 0.25) is 0 Å². The molecular formula is C11H9N5S. The van der Waals surface area contributed by atoms with Crippen LogP contribution >= 0.6 is 11.5 Å². The molecule has 3 aromatic rings. The number of nitrogens with one attached hydrogen (secondary N) is 2. The van der Waals surface area contributed by atoms with E-state index in [9.17, 15) is 0 Å². The minimum atomic E-state index is 0.683. The average molecular weight is 243 g/mol. The molecule has 84 valence electrons. The predicted molar refractivity (Wildman–Crippen MR) is 67.2 cm³/mol. The maximum atomic E-state index is 4.38. The number of benzene rings is 1. The van der Waals surface area contributed by atoms with Gasteiger partial charge in [0, 0.05) is 23.4 Å². The van der Waals surface area contributed by atoms with Crippen molar-refractivity contribution in [2.75, 3.05) is 5.32 Å². The molecule has 2 N–H and O–H groups in total. The lowest BCUT2D eigenvalue weighted by atomic mass is 10.3. The summed E-state index contributed by atoms with van der Waals surface area (Å²) in [6.07, 6.45) is 3.47. The number of aromatic amines is 1. The Kier molecular flexibility index (Phi) is 2.55. The Labute approximate surface area is 102 Å². The Hall–Kier alpha value is -2.21. The summed E-state index contributed by atoms with van der Waals surface area (Å²) in [7, 11) is 0. The molecule has 0 spiro atoms. The molecule has 0 radical (unpaired) electrons. The lowest BCUT2D eigenvalue weighted by molar-refractivity contribution is 1.09. The number of nitrogens with zero attached hydrogens (tertiary/aromatic N) is 3. The van der Waals surface area contributed by atoms with Gasteiger partial charge in [0.2, 0.25) is 5.13 Å². The van der Waals surface area contributed by atoms with Gasteiger partial charge in [0.1, 0.15) is 0 Å². The van der Waals surface area contributed by atoms with Gasteiger partial charge in [-0.2, -0.15) is 14.5 Å². The van der Waals surface area contributed by atoms with Gasteiger partial charge in [0.25, 0.3) is 0 Å². The summed E-state index contributed by atoms with van der Waals surface area (Å²) in [4.78, 5) is 4.38. The van der Waals surface area contributed by atoms with Gasteiger partial charge in [0.15, 0.2) is 5.82 Å². The summed E-state index contributed by atoms with van der Waals surface area (Å²) in [6, 6.07) is 9.89. The van der Waals surface area contributed by atoms with Crippen molar-refractivity contribution in [1.82, 2.24) is 19.6 Å². The largest absolute Gasteiger partial charge is 0.330 e. The Morgan fingerprint density at radius 1 is 1.18 bits per heavy atom. The smallest absolute Gasteiger partial charge is 0.207 e. The van der Waals surface area contributed by atoms with Crippen molar-refractivity contribution in [3.05, 3.63) is 42.7 Å². The van der Waals surface area contributed by atoms with E-state index in [1.807, 2.05) is 30.3 Å². The number of H-pyrrole nitrogens is 1. The molecule has 1 aromatic carbocycles. The van der Waals surface area contributed by atoms with Crippen LogP contribution in [0.1, 0.15) is 0 Å². The zero-order valence-corrected chi connectivity index (χ0v) is 9.61. The van der Waals surface area contributed by atoms with E-state index in [0.29, 0.717) is 5.82 Å². The number of aromatic nitrogens is 4. The summed E-state index contributed by atoms with van der Waals surface area (Å²) in [6.45, 7) is 0. The lowest BCUT2D eigenvalue weighted by Crippen LogP contribution is -1.88. The van der Waals surface area contributed by atoms with Crippen LogP contribution in [0.3, 0.4) is 0 Å². The van der Waals surface area contributed by atoms with Crippen molar-refractivity contribution in [3.63, 3.8) is 0 Å². The van der Waals surface area contributed by atoms with Crippen LogP contribution in [0.15, 0.2) is 42.7 Å². The minimum absolute atomic E-state index is 0.683. The van der Waals surface area contributed by atoms with Gasteiger partial charge >= 0.3 is 0 Å². The number of para-hydroxylation sites is 1. The van der Waals surface area contributed by atoms with Gasteiger partial charge in [0.05, 0.1) is 11.8 Å². The van der Waals surface area contributed by atoms with Crippen molar-refractivity contribution >= 4 is 22.4 Å². The summed E-state index contributed by atoms with van der Waals surface area (Å²) in [5.74, 6) is 0.683. The molecule has 0 fully saturated rings. The topological polar surface area (TPSA) is 66.5 Å². The Morgan fingerprint density at radius 2 is 2.06 bits per heavy atom. The van der Waals surface area contributed by atoms with Gasteiger partial charge in [-0.1, -0.05) is 18.2 Å². The zero-order valence-electron chi connectivity index (χ0n) is 8.79. The third-order valence-electron chi connectivity index (χ3n) is 2.21. The molecule has 0 aliphatic carbocycles. The third-order valence-corrected chi connectivity index (χ3v) is 2.84.